The molecule has 1 aromatic heterocycles. The van der Waals surface area contributed by atoms with E-state index >= 15 is 0 Å². The Hall–Kier alpha value is -2.92. The summed E-state index contributed by atoms with van der Waals surface area (Å²) in [5.74, 6) is 0.0258. The van der Waals surface area contributed by atoms with E-state index in [4.69, 9.17) is 0 Å². The number of carbonyl (C=O) groups excluding carboxylic acids is 1. The van der Waals surface area contributed by atoms with Gasteiger partial charge in [0.1, 0.15) is 0 Å². The van der Waals surface area contributed by atoms with Crippen molar-refractivity contribution in [2.24, 2.45) is 7.05 Å². The fraction of sp³-hybridized carbons (Fsp3) is 0.174. The van der Waals surface area contributed by atoms with Crippen molar-refractivity contribution in [1.82, 2.24) is 9.55 Å². The molecule has 0 spiro atoms. The number of rotatable bonds is 4. The minimum atomic E-state index is -0.348. The zero-order valence-electron chi connectivity index (χ0n) is 16.0. The lowest BCUT2D eigenvalue weighted by molar-refractivity contribution is 0.0994. The second-order valence-electron chi connectivity index (χ2n) is 6.97. The van der Waals surface area contributed by atoms with Gasteiger partial charge in [0, 0.05) is 12.6 Å². The Balaban J connectivity index is 1.72. The van der Waals surface area contributed by atoms with Gasteiger partial charge in [-0.2, -0.15) is 0 Å². The third-order valence-corrected chi connectivity index (χ3v) is 6.03. The largest absolute Gasteiger partial charge is 0.293 e. The minimum Gasteiger partial charge on any atom is -0.293 e. The molecule has 0 N–H and O–H groups in total. The molecule has 28 heavy (non-hydrogen) atoms. The lowest BCUT2D eigenvalue weighted by atomic mass is 10.1. The molecule has 0 radical (unpaired) electrons. The maximum Gasteiger partial charge on any atom is 0.261 e. The summed E-state index contributed by atoms with van der Waals surface area (Å²) in [6, 6.07) is 19.3. The molecule has 4 aromatic rings. The number of benzene rings is 3. The molecule has 0 bridgehead atoms. The number of Topliss-reactive ketones (excluding diaryl/α,β-unsaturated/α-hetero) is 1. The topological polar surface area (TPSA) is 52.0 Å². The van der Waals surface area contributed by atoms with Gasteiger partial charge in [0.05, 0.1) is 16.2 Å². The molecule has 0 amide bonds. The predicted octanol–water partition coefficient (Wildman–Crippen LogP) is 4.76. The summed E-state index contributed by atoms with van der Waals surface area (Å²) in [5.41, 5.74) is 2.33. The second kappa shape index (κ2) is 7.24. The van der Waals surface area contributed by atoms with Crippen LogP contribution in [0.4, 0.5) is 0 Å². The normalized spacial score (nSPS) is 12.4. The second-order valence-corrected chi connectivity index (χ2v) is 8.27. The summed E-state index contributed by atoms with van der Waals surface area (Å²) >= 11 is 1.31. The Morgan fingerprint density at radius 3 is 2.36 bits per heavy atom. The van der Waals surface area contributed by atoms with Crippen LogP contribution in [-0.2, 0) is 7.05 Å². The van der Waals surface area contributed by atoms with Gasteiger partial charge in [-0.05, 0) is 36.8 Å². The van der Waals surface area contributed by atoms with Crippen LogP contribution in [0.5, 0.6) is 0 Å². The lowest BCUT2D eigenvalue weighted by Gasteiger charge is -2.13. The minimum absolute atomic E-state index is 0.0258. The first-order chi connectivity index (χ1) is 13.4. The van der Waals surface area contributed by atoms with E-state index < -0.39 is 0 Å². The van der Waals surface area contributed by atoms with E-state index in [1.54, 1.807) is 7.05 Å². The summed E-state index contributed by atoms with van der Waals surface area (Å²) < 4.78 is 1.53. The van der Waals surface area contributed by atoms with Crippen LogP contribution in [0.3, 0.4) is 0 Å². The average molecular weight is 388 g/mol. The standard InChI is InChI=1S/C23H20N2O2S/c1-14-8-10-16(11-9-14)21(26)15(2)28-23-24-20-13-18-7-5-4-6-17(18)12-19(20)22(27)25(23)3/h4-13,15H,1-3H3/t15-/m0/s1. The monoisotopic (exact) mass is 388 g/mol. The van der Waals surface area contributed by atoms with Gasteiger partial charge in [0.2, 0.25) is 0 Å². The van der Waals surface area contributed by atoms with Crippen LogP contribution in [0.1, 0.15) is 22.8 Å². The summed E-state index contributed by atoms with van der Waals surface area (Å²) in [6.07, 6.45) is 0. The highest BCUT2D eigenvalue weighted by Crippen LogP contribution is 2.26. The molecule has 3 aromatic carbocycles. The fourth-order valence-electron chi connectivity index (χ4n) is 3.21. The predicted molar refractivity (Wildman–Crippen MR) is 115 cm³/mol. The lowest BCUT2D eigenvalue weighted by Crippen LogP contribution is -2.22. The van der Waals surface area contributed by atoms with Gasteiger partial charge in [-0.1, -0.05) is 65.9 Å². The number of carbonyl (C=O) groups is 1. The van der Waals surface area contributed by atoms with Gasteiger partial charge in [0.25, 0.3) is 5.56 Å². The molecular formula is C23H20N2O2S. The molecule has 140 valence electrons. The SMILES string of the molecule is Cc1ccc(C(=O)[C@H](C)Sc2nc3cc4ccccc4cc3c(=O)n2C)cc1. The zero-order valence-corrected chi connectivity index (χ0v) is 16.8. The number of ketones is 1. The van der Waals surface area contributed by atoms with Crippen molar-refractivity contribution in [3.8, 4) is 0 Å². The molecular weight excluding hydrogens is 368 g/mol. The van der Waals surface area contributed by atoms with E-state index in [-0.39, 0.29) is 16.6 Å². The van der Waals surface area contributed by atoms with Gasteiger partial charge >= 0.3 is 0 Å². The van der Waals surface area contributed by atoms with Crippen molar-refractivity contribution in [2.45, 2.75) is 24.3 Å². The maximum absolute atomic E-state index is 12.9. The quantitative estimate of drug-likeness (QED) is 0.219. The number of hydrogen-bond donors (Lipinski definition) is 0. The molecule has 1 atom stereocenters. The van der Waals surface area contributed by atoms with E-state index in [0.29, 0.717) is 21.6 Å². The van der Waals surface area contributed by atoms with Gasteiger partial charge < -0.3 is 0 Å². The Morgan fingerprint density at radius 1 is 1.04 bits per heavy atom. The van der Waals surface area contributed by atoms with Crippen LogP contribution in [0.2, 0.25) is 0 Å². The van der Waals surface area contributed by atoms with Crippen molar-refractivity contribution >= 4 is 39.2 Å². The van der Waals surface area contributed by atoms with Crippen molar-refractivity contribution in [2.75, 3.05) is 0 Å². The van der Waals surface area contributed by atoms with Gasteiger partial charge in [-0.3, -0.25) is 14.2 Å². The molecule has 4 nitrogen and oxygen atoms in total. The van der Waals surface area contributed by atoms with Crippen molar-refractivity contribution in [3.05, 3.63) is 82.1 Å². The Bertz CT molecular complexity index is 1260. The smallest absolute Gasteiger partial charge is 0.261 e. The first-order valence-corrected chi connectivity index (χ1v) is 9.99. The van der Waals surface area contributed by atoms with E-state index in [0.717, 1.165) is 16.3 Å². The molecule has 4 rings (SSSR count). The van der Waals surface area contributed by atoms with Crippen LogP contribution in [-0.4, -0.2) is 20.6 Å². The van der Waals surface area contributed by atoms with E-state index in [9.17, 15) is 9.59 Å². The Kier molecular flexibility index (Phi) is 4.77. The number of aromatic nitrogens is 2. The van der Waals surface area contributed by atoms with Crippen LogP contribution in [0.25, 0.3) is 21.7 Å². The maximum atomic E-state index is 12.9. The summed E-state index contributed by atoms with van der Waals surface area (Å²) in [5, 5.41) is 2.83. The van der Waals surface area contributed by atoms with Gasteiger partial charge in [-0.25, -0.2) is 4.98 Å². The first-order valence-electron chi connectivity index (χ1n) is 9.11. The van der Waals surface area contributed by atoms with Crippen molar-refractivity contribution in [1.29, 1.82) is 0 Å². The number of nitrogens with zero attached hydrogens (tertiary/aromatic N) is 2. The molecule has 1 heterocycles. The fourth-order valence-corrected chi connectivity index (χ4v) is 4.16. The van der Waals surface area contributed by atoms with E-state index in [1.165, 1.54) is 16.3 Å². The van der Waals surface area contributed by atoms with E-state index in [1.807, 2.05) is 74.5 Å². The molecule has 0 saturated carbocycles. The molecule has 0 unspecified atom stereocenters. The third-order valence-electron chi connectivity index (χ3n) is 4.89. The summed E-state index contributed by atoms with van der Waals surface area (Å²) in [4.78, 5) is 30.3. The molecule has 0 aliphatic heterocycles. The highest BCUT2D eigenvalue weighted by atomic mass is 32.2. The highest BCUT2D eigenvalue weighted by Gasteiger charge is 2.19. The molecule has 0 aliphatic carbocycles. The number of thioether (sulfide) groups is 1. The molecule has 0 aliphatic rings. The summed E-state index contributed by atoms with van der Waals surface area (Å²) in [7, 11) is 1.70. The van der Waals surface area contributed by atoms with Crippen LogP contribution in [0, 0.1) is 6.92 Å². The van der Waals surface area contributed by atoms with Crippen LogP contribution >= 0.6 is 11.8 Å². The van der Waals surface area contributed by atoms with Gasteiger partial charge in [0.15, 0.2) is 10.9 Å². The molecule has 0 fully saturated rings. The highest BCUT2D eigenvalue weighted by molar-refractivity contribution is 8.00. The molecule has 0 saturated heterocycles. The Labute approximate surface area is 167 Å². The van der Waals surface area contributed by atoms with Crippen molar-refractivity contribution in [3.63, 3.8) is 0 Å². The van der Waals surface area contributed by atoms with Crippen molar-refractivity contribution < 1.29 is 4.79 Å². The number of hydrogen-bond acceptors (Lipinski definition) is 4. The Morgan fingerprint density at radius 2 is 1.68 bits per heavy atom. The average Bonchev–Trinajstić information content (AvgIpc) is 2.70. The van der Waals surface area contributed by atoms with Crippen LogP contribution < -0.4 is 5.56 Å². The third kappa shape index (κ3) is 3.34. The van der Waals surface area contributed by atoms with Gasteiger partial charge in [-0.15, -0.1) is 0 Å². The molecule has 5 heteroatoms. The first kappa shape index (κ1) is 18.4. The van der Waals surface area contributed by atoms with Crippen LogP contribution in [0.15, 0.2) is 70.6 Å². The van der Waals surface area contributed by atoms with E-state index in [2.05, 4.69) is 4.98 Å². The number of aryl methyl sites for hydroxylation is 1. The summed E-state index contributed by atoms with van der Waals surface area (Å²) in [6.45, 7) is 3.84. The zero-order chi connectivity index (χ0) is 19.8. The number of fused-ring (bicyclic) bond motifs is 2.